The van der Waals surface area contributed by atoms with Gasteiger partial charge in [-0.1, -0.05) is 67.9 Å². The zero-order valence-electron chi connectivity index (χ0n) is 23.8. The molecule has 4 aromatic heterocycles. The fourth-order valence-corrected chi connectivity index (χ4v) is 5.84. The Balaban J connectivity index is 0.000000154. The molecule has 0 fully saturated rings. The SMILES string of the molecule is CC(C)(C)c1ccnc(-c2[c-]cccc2)n1.[Ir].[c-]1ccc2oc3ccc4cccc5c4c3c2c1c1nc2ccccc2n51. The predicted molar refractivity (Wildman–Crippen MR) is 170 cm³/mol. The van der Waals surface area contributed by atoms with Crippen LogP contribution in [0, 0.1) is 12.1 Å². The van der Waals surface area contributed by atoms with Crippen molar-refractivity contribution >= 4 is 60.3 Å². The summed E-state index contributed by atoms with van der Waals surface area (Å²) in [6, 6.07) is 39.2. The van der Waals surface area contributed by atoms with Gasteiger partial charge >= 0.3 is 0 Å². The fraction of sp³-hybridized carbons (Fsp3) is 0.108. The average molecular weight is 735 g/mol. The summed E-state index contributed by atoms with van der Waals surface area (Å²) in [4.78, 5) is 13.8. The van der Waals surface area contributed by atoms with Gasteiger partial charge in [0.15, 0.2) is 0 Å². The van der Waals surface area contributed by atoms with Crippen LogP contribution in [0.4, 0.5) is 0 Å². The molecule has 211 valence electrons. The van der Waals surface area contributed by atoms with Crippen molar-refractivity contribution in [2.24, 2.45) is 0 Å². The van der Waals surface area contributed by atoms with Crippen LogP contribution in [-0.4, -0.2) is 19.4 Å². The van der Waals surface area contributed by atoms with Crippen molar-refractivity contribution in [2.75, 3.05) is 0 Å². The molecular weight excluding hydrogens is 709 g/mol. The van der Waals surface area contributed by atoms with Crippen molar-refractivity contribution in [1.29, 1.82) is 0 Å². The third-order valence-corrected chi connectivity index (χ3v) is 7.81. The van der Waals surface area contributed by atoms with Crippen molar-refractivity contribution in [3.05, 3.63) is 121 Å². The molecule has 1 radical (unpaired) electrons. The van der Waals surface area contributed by atoms with E-state index in [4.69, 9.17) is 9.40 Å². The van der Waals surface area contributed by atoms with E-state index in [1.54, 1.807) is 0 Å². The van der Waals surface area contributed by atoms with Crippen LogP contribution in [0.25, 0.3) is 71.7 Å². The number of hydrogen-bond acceptors (Lipinski definition) is 4. The molecule has 5 nitrogen and oxygen atoms in total. The van der Waals surface area contributed by atoms with E-state index in [1.807, 2.05) is 54.7 Å². The van der Waals surface area contributed by atoms with Crippen molar-refractivity contribution in [2.45, 2.75) is 26.2 Å². The largest absolute Gasteiger partial charge is 0.476 e. The van der Waals surface area contributed by atoms with E-state index >= 15 is 0 Å². The van der Waals surface area contributed by atoms with Gasteiger partial charge in [0.2, 0.25) is 0 Å². The summed E-state index contributed by atoms with van der Waals surface area (Å²) in [5.41, 5.74) is 8.00. The molecule has 0 saturated carbocycles. The van der Waals surface area contributed by atoms with Gasteiger partial charge < -0.3 is 8.82 Å². The van der Waals surface area contributed by atoms with E-state index < -0.39 is 0 Å². The second-order valence-corrected chi connectivity index (χ2v) is 11.6. The van der Waals surface area contributed by atoms with Crippen molar-refractivity contribution in [3.63, 3.8) is 0 Å². The van der Waals surface area contributed by atoms with Crippen LogP contribution in [0.1, 0.15) is 26.5 Å². The van der Waals surface area contributed by atoms with Gasteiger partial charge in [-0.15, -0.1) is 48.0 Å². The van der Waals surface area contributed by atoms with E-state index in [0.717, 1.165) is 66.6 Å². The molecule has 43 heavy (non-hydrogen) atoms. The predicted octanol–water partition coefficient (Wildman–Crippen LogP) is 9.17. The quantitative estimate of drug-likeness (QED) is 0.158. The smallest absolute Gasteiger partial charge is 0.124 e. The number of furan rings is 1. The molecule has 4 heterocycles. The first-order valence-electron chi connectivity index (χ1n) is 14.0. The van der Waals surface area contributed by atoms with Crippen LogP contribution in [0.15, 0.2) is 108 Å². The molecule has 9 rings (SSSR count). The molecule has 0 aliphatic carbocycles. The van der Waals surface area contributed by atoms with Crippen LogP contribution in [0.2, 0.25) is 0 Å². The summed E-state index contributed by atoms with van der Waals surface area (Å²) in [6.45, 7) is 6.44. The molecule has 0 spiro atoms. The summed E-state index contributed by atoms with van der Waals surface area (Å²) in [7, 11) is 0. The van der Waals surface area contributed by atoms with E-state index in [1.165, 1.54) is 10.8 Å². The molecule has 6 heteroatoms. The molecule has 0 bridgehead atoms. The number of hydrogen-bond donors (Lipinski definition) is 0. The van der Waals surface area contributed by atoms with Crippen LogP contribution in [-0.2, 0) is 25.5 Å². The number of rotatable bonds is 1. The Hall–Kier alpha value is -4.64. The minimum atomic E-state index is 0. The second-order valence-electron chi connectivity index (χ2n) is 11.6. The van der Waals surface area contributed by atoms with Crippen molar-refractivity contribution in [1.82, 2.24) is 19.4 Å². The Labute approximate surface area is 261 Å². The number of aromatic nitrogens is 4. The Morgan fingerprint density at radius 3 is 2.35 bits per heavy atom. The van der Waals surface area contributed by atoms with Gasteiger partial charge in [-0.25, -0.2) is 0 Å². The first-order valence-corrected chi connectivity index (χ1v) is 14.0. The zero-order valence-corrected chi connectivity index (χ0v) is 26.2. The molecule has 0 amide bonds. The Morgan fingerprint density at radius 1 is 0.698 bits per heavy atom. The summed E-state index contributed by atoms with van der Waals surface area (Å²) in [5.74, 6) is 0.744. The average Bonchev–Trinajstić information content (AvgIpc) is 3.57. The third kappa shape index (κ3) is 4.37. The van der Waals surface area contributed by atoms with Gasteiger partial charge in [0.05, 0.1) is 28.1 Å². The van der Waals surface area contributed by atoms with Gasteiger partial charge in [-0.2, -0.15) is 0 Å². The molecular formula is C37H26IrN4O-2. The summed E-state index contributed by atoms with van der Waals surface area (Å²) in [6.07, 6.45) is 1.81. The molecule has 9 aromatic rings. The molecule has 0 unspecified atom stereocenters. The number of fused-ring (bicyclic) bond motifs is 5. The van der Waals surface area contributed by atoms with Crippen LogP contribution in [0.5, 0.6) is 0 Å². The summed E-state index contributed by atoms with van der Waals surface area (Å²) < 4.78 is 8.43. The molecule has 0 aliphatic rings. The summed E-state index contributed by atoms with van der Waals surface area (Å²) >= 11 is 0. The van der Waals surface area contributed by atoms with Gasteiger partial charge in [-0.05, 0) is 41.1 Å². The molecule has 0 aliphatic heterocycles. The maximum absolute atomic E-state index is 6.16. The van der Waals surface area contributed by atoms with Crippen molar-refractivity contribution in [3.8, 4) is 11.4 Å². The standard InChI is InChI=1S/C23H11N2O.C14H15N2.Ir/c1-2-8-16-15(7-1)24-23-14-6-4-10-18-21(14)22-19(26-18)12-11-13-5-3-9-17(20(13)22)25(16)23;1-14(2,3)12-9-10-15-13(16-12)11-7-5-4-6-8-11;/h1-5,7-12H;4-7,9-10H,1-3H3;/q2*-1;. The third-order valence-electron chi connectivity index (χ3n) is 7.81. The molecule has 0 saturated heterocycles. The van der Waals surface area contributed by atoms with E-state index in [-0.39, 0.29) is 25.5 Å². The van der Waals surface area contributed by atoms with E-state index in [9.17, 15) is 0 Å². The molecule has 0 N–H and O–H groups in total. The minimum absolute atomic E-state index is 0. The van der Waals surface area contributed by atoms with E-state index in [2.05, 4.69) is 95.8 Å². The minimum Gasteiger partial charge on any atom is -0.476 e. The maximum Gasteiger partial charge on any atom is 0.124 e. The fourth-order valence-electron chi connectivity index (χ4n) is 5.84. The normalized spacial score (nSPS) is 11.9. The van der Waals surface area contributed by atoms with E-state index in [0.29, 0.717) is 0 Å². The first kappa shape index (κ1) is 27.2. The van der Waals surface area contributed by atoms with Crippen LogP contribution in [0.3, 0.4) is 0 Å². The van der Waals surface area contributed by atoms with Crippen molar-refractivity contribution < 1.29 is 24.5 Å². The maximum atomic E-state index is 6.16. The number of nitrogens with zero attached hydrogens (tertiary/aromatic N) is 4. The Bertz CT molecular complexity index is 2400. The number of benzene rings is 5. The van der Waals surface area contributed by atoms with Crippen LogP contribution >= 0.6 is 0 Å². The monoisotopic (exact) mass is 735 g/mol. The first-order chi connectivity index (χ1) is 20.5. The van der Waals surface area contributed by atoms with Gasteiger partial charge in [0.1, 0.15) is 5.58 Å². The molecule has 5 aromatic carbocycles. The number of para-hydroxylation sites is 2. The summed E-state index contributed by atoms with van der Waals surface area (Å²) in [5, 5.41) is 5.69. The Morgan fingerprint density at radius 2 is 1.51 bits per heavy atom. The van der Waals surface area contributed by atoms with Crippen LogP contribution < -0.4 is 0 Å². The Kier molecular flexibility index (Phi) is 6.50. The zero-order chi connectivity index (χ0) is 28.4. The van der Waals surface area contributed by atoms with Gasteiger partial charge in [-0.3, -0.25) is 15.0 Å². The topological polar surface area (TPSA) is 56.2 Å². The van der Waals surface area contributed by atoms with Gasteiger partial charge in [0, 0.05) is 48.3 Å². The van der Waals surface area contributed by atoms with Gasteiger partial charge in [0.25, 0.3) is 0 Å². The number of imidazole rings is 1. The second kappa shape index (κ2) is 10.3. The molecule has 0 atom stereocenters.